The van der Waals surface area contributed by atoms with Crippen LogP contribution >= 0.6 is 0 Å². The summed E-state index contributed by atoms with van der Waals surface area (Å²) < 4.78 is 1.12. The molecule has 0 saturated heterocycles. The Bertz CT molecular complexity index is 520. The SMILES string of the molecule is CC(C)[C@H](N)C(=O)O.On1ccc2ccccc21. The topological polar surface area (TPSA) is 88.5 Å². The van der Waals surface area contributed by atoms with Crippen molar-refractivity contribution in [2.45, 2.75) is 19.9 Å². The number of rotatable bonds is 2. The van der Waals surface area contributed by atoms with Crippen molar-refractivity contribution in [1.82, 2.24) is 4.73 Å². The minimum absolute atomic E-state index is 0.0208. The Balaban J connectivity index is 0.000000187. The van der Waals surface area contributed by atoms with Crippen LogP contribution in [0.5, 0.6) is 0 Å². The molecule has 0 saturated carbocycles. The highest BCUT2D eigenvalue weighted by molar-refractivity contribution is 5.79. The largest absolute Gasteiger partial charge is 0.480 e. The minimum atomic E-state index is -0.931. The molecule has 5 nitrogen and oxygen atoms in total. The second-order valence-corrected chi connectivity index (χ2v) is 4.33. The van der Waals surface area contributed by atoms with Gasteiger partial charge in [0.1, 0.15) is 6.04 Å². The lowest BCUT2D eigenvalue weighted by Gasteiger charge is -2.07. The molecule has 1 atom stereocenters. The molecule has 0 radical (unpaired) electrons. The molecule has 5 heteroatoms. The van der Waals surface area contributed by atoms with Gasteiger partial charge in [-0.3, -0.25) is 4.79 Å². The predicted octanol–water partition coefficient (Wildman–Crippen LogP) is 1.93. The van der Waals surface area contributed by atoms with Crippen LogP contribution in [0.25, 0.3) is 10.9 Å². The second kappa shape index (κ2) is 6.07. The molecule has 1 heterocycles. The first-order chi connectivity index (χ1) is 8.43. The van der Waals surface area contributed by atoms with Gasteiger partial charge in [-0.2, -0.15) is 4.73 Å². The first-order valence-corrected chi connectivity index (χ1v) is 5.67. The molecular formula is C13H18N2O3. The molecule has 18 heavy (non-hydrogen) atoms. The Hall–Kier alpha value is -2.01. The number of carboxylic acids is 1. The number of para-hydroxylation sites is 1. The van der Waals surface area contributed by atoms with Crippen LogP contribution in [0.2, 0.25) is 0 Å². The third kappa shape index (κ3) is 3.49. The van der Waals surface area contributed by atoms with Crippen molar-refractivity contribution in [2.24, 2.45) is 11.7 Å². The normalized spacial score (nSPS) is 12.0. The van der Waals surface area contributed by atoms with E-state index in [1.54, 1.807) is 20.0 Å². The number of aromatic nitrogens is 1. The van der Waals surface area contributed by atoms with E-state index in [1.165, 1.54) is 0 Å². The number of carbonyl (C=O) groups is 1. The first kappa shape index (κ1) is 14.1. The fourth-order valence-corrected chi connectivity index (χ4v) is 1.35. The van der Waals surface area contributed by atoms with Gasteiger partial charge in [-0.25, -0.2) is 0 Å². The molecule has 0 spiro atoms. The van der Waals surface area contributed by atoms with E-state index in [0.29, 0.717) is 0 Å². The van der Waals surface area contributed by atoms with Crippen molar-refractivity contribution in [3.63, 3.8) is 0 Å². The van der Waals surface area contributed by atoms with Crippen molar-refractivity contribution < 1.29 is 15.1 Å². The van der Waals surface area contributed by atoms with Gasteiger partial charge < -0.3 is 16.0 Å². The molecule has 2 rings (SSSR count). The fraction of sp³-hybridized carbons (Fsp3) is 0.308. The average molecular weight is 250 g/mol. The van der Waals surface area contributed by atoms with Crippen LogP contribution in [0, 0.1) is 5.92 Å². The summed E-state index contributed by atoms with van der Waals surface area (Å²) in [4.78, 5) is 10.0. The van der Waals surface area contributed by atoms with Gasteiger partial charge in [0.25, 0.3) is 0 Å². The lowest BCUT2D eigenvalue weighted by atomic mass is 10.1. The molecule has 0 aliphatic heterocycles. The van der Waals surface area contributed by atoms with E-state index < -0.39 is 12.0 Å². The van der Waals surface area contributed by atoms with Gasteiger partial charge in [0.2, 0.25) is 0 Å². The molecular weight excluding hydrogens is 232 g/mol. The number of nitrogens with zero attached hydrogens (tertiary/aromatic N) is 1. The molecule has 0 fully saturated rings. The summed E-state index contributed by atoms with van der Waals surface area (Å²) >= 11 is 0. The molecule has 0 aliphatic carbocycles. The Labute approximate surface area is 105 Å². The monoisotopic (exact) mass is 250 g/mol. The van der Waals surface area contributed by atoms with Crippen LogP contribution in [0.15, 0.2) is 36.5 Å². The van der Waals surface area contributed by atoms with Gasteiger partial charge >= 0.3 is 5.97 Å². The zero-order valence-electron chi connectivity index (χ0n) is 10.4. The summed E-state index contributed by atoms with van der Waals surface area (Å²) in [5.74, 6) is -0.910. The van der Waals surface area contributed by atoms with E-state index in [-0.39, 0.29) is 5.92 Å². The number of hydrogen-bond acceptors (Lipinski definition) is 3. The lowest BCUT2D eigenvalue weighted by molar-refractivity contribution is -0.139. The van der Waals surface area contributed by atoms with Crippen LogP contribution in [0.1, 0.15) is 13.8 Å². The molecule has 4 N–H and O–H groups in total. The molecule has 98 valence electrons. The van der Waals surface area contributed by atoms with Gasteiger partial charge in [0.05, 0.1) is 5.52 Å². The molecule has 1 aromatic heterocycles. The third-order valence-electron chi connectivity index (χ3n) is 2.58. The molecule has 0 bridgehead atoms. The maximum Gasteiger partial charge on any atom is 0.320 e. The molecule has 0 amide bonds. The van der Waals surface area contributed by atoms with Crippen LogP contribution in [0.4, 0.5) is 0 Å². The summed E-state index contributed by atoms with van der Waals surface area (Å²) in [5, 5.41) is 18.4. The highest BCUT2D eigenvalue weighted by atomic mass is 16.5. The minimum Gasteiger partial charge on any atom is -0.480 e. The van der Waals surface area contributed by atoms with E-state index in [0.717, 1.165) is 15.6 Å². The van der Waals surface area contributed by atoms with E-state index in [9.17, 15) is 4.79 Å². The molecule has 1 aromatic carbocycles. The zero-order valence-corrected chi connectivity index (χ0v) is 10.4. The van der Waals surface area contributed by atoms with Crippen molar-refractivity contribution in [2.75, 3.05) is 0 Å². The Morgan fingerprint density at radius 2 is 1.89 bits per heavy atom. The van der Waals surface area contributed by atoms with Gasteiger partial charge in [-0.05, 0) is 18.1 Å². The standard InChI is InChI=1S/C8H7NO.C5H11NO2/c10-9-6-5-7-3-1-2-4-8(7)9;1-3(2)4(6)5(7)8/h1-6,10H;3-4H,6H2,1-2H3,(H,7,8)/t;4-/m.0/s1. The smallest absolute Gasteiger partial charge is 0.320 e. The summed E-state index contributed by atoms with van der Waals surface area (Å²) in [5.41, 5.74) is 6.01. The van der Waals surface area contributed by atoms with E-state index in [2.05, 4.69) is 0 Å². The van der Waals surface area contributed by atoms with E-state index in [4.69, 9.17) is 16.0 Å². The van der Waals surface area contributed by atoms with Crippen molar-refractivity contribution >= 4 is 16.9 Å². The lowest BCUT2D eigenvalue weighted by Crippen LogP contribution is -2.34. The zero-order chi connectivity index (χ0) is 13.7. The van der Waals surface area contributed by atoms with Gasteiger partial charge in [0.15, 0.2) is 0 Å². The van der Waals surface area contributed by atoms with Gasteiger partial charge in [0, 0.05) is 11.6 Å². The van der Waals surface area contributed by atoms with Gasteiger partial charge in [-0.1, -0.05) is 32.0 Å². The first-order valence-electron chi connectivity index (χ1n) is 5.67. The highest BCUT2D eigenvalue weighted by Gasteiger charge is 2.14. The molecule has 0 unspecified atom stereocenters. The number of hydrogen-bond donors (Lipinski definition) is 3. The highest BCUT2D eigenvalue weighted by Crippen LogP contribution is 2.12. The maximum atomic E-state index is 10.0. The van der Waals surface area contributed by atoms with E-state index in [1.807, 2.05) is 30.3 Å². The number of carboxylic acid groups (broad SMARTS) is 1. The van der Waals surface area contributed by atoms with E-state index >= 15 is 0 Å². The van der Waals surface area contributed by atoms with Crippen molar-refractivity contribution in [3.8, 4) is 0 Å². The summed E-state index contributed by atoms with van der Waals surface area (Å²) in [6.45, 7) is 3.55. The number of benzene rings is 1. The summed E-state index contributed by atoms with van der Waals surface area (Å²) in [7, 11) is 0. The fourth-order valence-electron chi connectivity index (χ4n) is 1.35. The quantitative estimate of drug-likeness (QED) is 0.710. The Kier molecular flexibility index (Phi) is 4.74. The average Bonchev–Trinajstić information content (AvgIpc) is 2.71. The number of fused-ring (bicyclic) bond motifs is 1. The Morgan fingerprint density at radius 1 is 1.28 bits per heavy atom. The third-order valence-corrected chi connectivity index (χ3v) is 2.58. The van der Waals surface area contributed by atoms with Gasteiger partial charge in [-0.15, -0.1) is 0 Å². The van der Waals surface area contributed by atoms with Crippen LogP contribution in [-0.2, 0) is 4.79 Å². The number of nitrogens with two attached hydrogens (primary N) is 1. The summed E-state index contributed by atoms with van der Waals surface area (Å²) in [6, 6.07) is 8.83. The number of aliphatic carboxylic acids is 1. The van der Waals surface area contributed by atoms with Crippen LogP contribution in [-0.4, -0.2) is 27.1 Å². The summed E-state index contributed by atoms with van der Waals surface area (Å²) in [6.07, 6.45) is 1.63. The second-order valence-electron chi connectivity index (χ2n) is 4.33. The molecule has 0 aliphatic rings. The van der Waals surface area contributed by atoms with Crippen LogP contribution in [0.3, 0.4) is 0 Å². The molecule has 2 aromatic rings. The Morgan fingerprint density at radius 3 is 2.33 bits per heavy atom. The van der Waals surface area contributed by atoms with Crippen molar-refractivity contribution in [3.05, 3.63) is 36.5 Å². The predicted molar refractivity (Wildman–Crippen MR) is 69.6 cm³/mol. The maximum absolute atomic E-state index is 10.0. The van der Waals surface area contributed by atoms with Crippen molar-refractivity contribution in [1.29, 1.82) is 0 Å². The van der Waals surface area contributed by atoms with Crippen LogP contribution < -0.4 is 5.73 Å².